The maximum atomic E-state index is 5.08. The molecule has 4 nitrogen and oxygen atoms in total. The Kier molecular flexibility index (Phi) is 5.42. The first-order valence-corrected chi connectivity index (χ1v) is 13.7. The molecular formula is C37H24N4. The maximum Gasteiger partial charge on any atom is 0.0893 e. The first kappa shape index (κ1) is 23.3. The highest BCUT2D eigenvalue weighted by molar-refractivity contribution is 6.08. The van der Waals surface area contributed by atoms with E-state index in [1.165, 1.54) is 16.2 Å². The molecule has 0 fully saturated rings. The van der Waals surface area contributed by atoms with Gasteiger partial charge in [-0.25, -0.2) is 9.97 Å². The van der Waals surface area contributed by atoms with Crippen LogP contribution in [-0.2, 0) is 0 Å². The smallest absolute Gasteiger partial charge is 0.0893 e. The van der Waals surface area contributed by atoms with Gasteiger partial charge in [0.2, 0.25) is 0 Å². The molecule has 4 heterocycles. The normalized spacial score (nSPS) is 11.4. The Morgan fingerprint density at radius 1 is 0.463 bits per heavy atom. The fourth-order valence-electron chi connectivity index (χ4n) is 5.81. The van der Waals surface area contributed by atoms with Crippen molar-refractivity contribution in [1.82, 2.24) is 19.5 Å². The Balaban J connectivity index is 1.21. The largest absolute Gasteiger partial charge is 0.309 e. The Labute approximate surface area is 237 Å². The molecule has 0 aliphatic heterocycles. The predicted octanol–water partition coefficient (Wildman–Crippen LogP) is 9.12. The number of aromatic nitrogens is 4. The highest BCUT2D eigenvalue weighted by Gasteiger charge is 2.13. The number of rotatable bonds is 4. The van der Waals surface area contributed by atoms with Gasteiger partial charge in [0.15, 0.2) is 0 Å². The first-order valence-electron chi connectivity index (χ1n) is 13.7. The minimum atomic E-state index is 0.845. The summed E-state index contributed by atoms with van der Waals surface area (Å²) in [5.74, 6) is 0. The third-order valence-corrected chi connectivity index (χ3v) is 7.70. The Hall–Kier alpha value is -5.61. The van der Waals surface area contributed by atoms with Crippen molar-refractivity contribution in [3.05, 3.63) is 146 Å². The summed E-state index contributed by atoms with van der Waals surface area (Å²) < 4.78 is 2.30. The number of benzene rings is 4. The van der Waals surface area contributed by atoms with Crippen LogP contribution in [0, 0.1) is 0 Å². The summed E-state index contributed by atoms with van der Waals surface area (Å²) in [6.07, 6.45) is 3.80. The van der Waals surface area contributed by atoms with Crippen molar-refractivity contribution in [1.29, 1.82) is 0 Å². The van der Waals surface area contributed by atoms with Crippen LogP contribution in [0.4, 0.5) is 0 Å². The van der Waals surface area contributed by atoms with E-state index in [0.29, 0.717) is 0 Å². The van der Waals surface area contributed by atoms with E-state index in [9.17, 15) is 0 Å². The van der Waals surface area contributed by atoms with Gasteiger partial charge in [-0.15, -0.1) is 0 Å². The van der Waals surface area contributed by atoms with Gasteiger partial charge in [0.25, 0.3) is 0 Å². The molecule has 0 amide bonds. The highest BCUT2D eigenvalue weighted by Crippen LogP contribution is 2.33. The lowest BCUT2D eigenvalue weighted by molar-refractivity contribution is 1.17. The number of fused-ring (bicyclic) bond motifs is 4. The number of hydrogen-bond acceptors (Lipinski definition) is 3. The molecule has 0 bridgehead atoms. The van der Waals surface area contributed by atoms with Crippen LogP contribution in [0.25, 0.3) is 72.2 Å². The molecule has 0 saturated heterocycles. The Bertz CT molecular complexity index is 2170. The summed E-state index contributed by atoms with van der Waals surface area (Å²) in [6, 6.07) is 46.2. The second-order valence-electron chi connectivity index (χ2n) is 10.1. The topological polar surface area (TPSA) is 43.6 Å². The molecule has 0 aliphatic rings. The zero-order valence-electron chi connectivity index (χ0n) is 22.1. The molecule has 0 atom stereocenters. The van der Waals surface area contributed by atoms with Crippen molar-refractivity contribution in [2.24, 2.45) is 0 Å². The van der Waals surface area contributed by atoms with Crippen LogP contribution >= 0.6 is 0 Å². The number of hydrogen-bond donors (Lipinski definition) is 0. The van der Waals surface area contributed by atoms with Gasteiger partial charge in [-0.1, -0.05) is 84.9 Å². The van der Waals surface area contributed by atoms with E-state index in [1.54, 1.807) is 0 Å². The average molecular weight is 525 g/mol. The van der Waals surface area contributed by atoms with Crippen LogP contribution in [0.15, 0.2) is 146 Å². The van der Waals surface area contributed by atoms with Crippen LogP contribution in [-0.4, -0.2) is 19.5 Å². The number of para-hydroxylation sites is 1. The van der Waals surface area contributed by atoms with Gasteiger partial charge in [0, 0.05) is 40.0 Å². The fourth-order valence-corrected chi connectivity index (χ4v) is 5.81. The van der Waals surface area contributed by atoms with Crippen LogP contribution in [0.5, 0.6) is 0 Å². The molecule has 0 saturated carbocycles. The molecule has 4 aromatic heterocycles. The molecule has 0 N–H and O–H groups in total. The van der Waals surface area contributed by atoms with Gasteiger partial charge < -0.3 is 4.57 Å². The van der Waals surface area contributed by atoms with E-state index in [0.717, 1.165) is 56.0 Å². The van der Waals surface area contributed by atoms with Gasteiger partial charge in [0.1, 0.15) is 0 Å². The molecule has 0 radical (unpaired) electrons. The second kappa shape index (κ2) is 9.54. The van der Waals surface area contributed by atoms with Crippen LogP contribution in [0.1, 0.15) is 0 Å². The Morgan fingerprint density at radius 2 is 1.12 bits per heavy atom. The number of nitrogens with zero attached hydrogens (tertiary/aromatic N) is 4. The quantitative estimate of drug-likeness (QED) is 0.231. The third kappa shape index (κ3) is 3.97. The Morgan fingerprint density at radius 3 is 2.02 bits per heavy atom. The maximum absolute atomic E-state index is 5.08. The second-order valence-corrected chi connectivity index (χ2v) is 10.1. The minimum Gasteiger partial charge on any atom is -0.309 e. The summed E-state index contributed by atoms with van der Waals surface area (Å²) >= 11 is 0. The zero-order valence-corrected chi connectivity index (χ0v) is 22.1. The lowest BCUT2D eigenvalue weighted by atomic mass is 10.0. The molecule has 4 heteroatoms. The van der Waals surface area contributed by atoms with Crippen molar-refractivity contribution in [2.45, 2.75) is 0 Å². The van der Waals surface area contributed by atoms with Crippen molar-refractivity contribution in [3.63, 3.8) is 0 Å². The average Bonchev–Trinajstić information content (AvgIpc) is 3.39. The van der Waals surface area contributed by atoms with Gasteiger partial charge in [-0.2, -0.15) is 0 Å². The predicted molar refractivity (Wildman–Crippen MR) is 168 cm³/mol. The summed E-state index contributed by atoms with van der Waals surface area (Å²) in [4.78, 5) is 14.5. The standard InChI is InChI=1S/C37H24N4/c1-2-13-28-25(9-1)10-6-15-29(28)33-17-8-19-35(40-33)34-18-7-16-32(39-34)26-11-5-12-27(23-26)41-36-20-4-3-14-30(36)31-24-38-22-21-37(31)41/h1-24H. The number of pyridine rings is 3. The lowest BCUT2D eigenvalue weighted by Crippen LogP contribution is -1.96. The summed E-state index contributed by atoms with van der Waals surface area (Å²) in [6.45, 7) is 0. The molecule has 41 heavy (non-hydrogen) atoms. The van der Waals surface area contributed by atoms with E-state index in [2.05, 4.69) is 131 Å². The van der Waals surface area contributed by atoms with Crippen LogP contribution < -0.4 is 0 Å². The van der Waals surface area contributed by atoms with Gasteiger partial charge >= 0.3 is 0 Å². The molecule has 0 unspecified atom stereocenters. The van der Waals surface area contributed by atoms with Gasteiger partial charge in [0.05, 0.1) is 33.8 Å². The minimum absolute atomic E-state index is 0.845. The van der Waals surface area contributed by atoms with Gasteiger partial charge in [-0.05, 0) is 59.3 Å². The van der Waals surface area contributed by atoms with Crippen molar-refractivity contribution in [3.8, 4) is 39.6 Å². The van der Waals surface area contributed by atoms with Gasteiger partial charge in [-0.3, -0.25) is 4.98 Å². The molecule has 4 aromatic carbocycles. The van der Waals surface area contributed by atoms with E-state index >= 15 is 0 Å². The van der Waals surface area contributed by atoms with E-state index in [1.807, 2.05) is 24.5 Å². The fraction of sp³-hybridized carbons (Fsp3) is 0. The summed E-state index contributed by atoms with van der Waals surface area (Å²) in [5.41, 5.74) is 9.09. The summed E-state index contributed by atoms with van der Waals surface area (Å²) in [5, 5.41) is 4.74. The summed E-state index contributed by atoms with van der Waals surface area (Å²) in [7, 11) is 0. The lowest BCUT2D eigenvalue weighted by Gasteiger charge is -2.11. The molecule has 0 aliphatic carbocycles. The molecular weight excluding hydrogens is 500 g/mol. The monoisotopic (exact) mass is 524 g/mol. The zero-order chi connectivity index (χ0) is 27.2. The molecule has 0 spiro atoms. The molecule has 192 valence electrons. The first-order chi connectivity index (χ1) is 20.3. The van der Waals surface area contributed by atoms with E-state index in [4.69, 9.17) is 9.97 Å². The van der Waals surface area contributed by atoms with E-state index < -0.39 is 0 Å². The molecule has 8 aromatic rings. The van der Waals surface area contributed by atoms with Crippen LogP contribution in [0.3, 0.4) is 0 Å². The van der Waals surface area contributed by atoms with Crippen LogP contribution in [0.2, 0.25) is 0 Å². The van der Waals surface area contributed by atoms with E-state index in [-0.39, 0.29) is 0 Å². The molecule has 8 rings (SSSR count). The SMILES string of the molecule is c1cc(-c2cccc(-c3cccc(-c4cccc5ccccc45)n3)n2)cc(-n2c3ccccc3c3cnccc32)c1. The van der Waals surface area contributed by atoms with Crippen molar-refractivity contribution >= 4 is 32.6 Å². The highest BCUT2D eigenvalue weighted by atomic mass is 15.0. The van der Waals surface area contributed by atoms with Crippen molar-refractivity contribution in [2.75, 3.05) is 0 Å². The van der Waals surface area contributed by atoms with Crippen molar-refractivity contribution < 1.29 is 0 Å². The third-order valence-electron chi connectivity index (χ3n) is 7.70.